The van der Waals surface area contributed by atoms with Crippen LogP contribution in [-0.2, 0) is 5.41 Å². The Labute approximate surface area is 147 Å². The molecule has 1 unspecified atom stereocenters. The summed E-state index contributed by atoms with van der Waals surface area (Å²) in [6.07, 6.45) is 2.85. The van der Waals surface area contributed by atoms with Gasteiger partial charge in [0.05, 0.1) is 13.2 Å². The highest BCUT2D eigenvalue weighted by Crippen LogP contribution is 2.42. The SMILES string of the molecule is COc1c(C(C)C)cc2c(=O)cc3c(cc2c1O)C=CC(O)C3(C)C. The number of aliphatic hydroxyl groups excluding tert-OH is 1. The number of hydrogen-bond donors (Lipinski definition) is 2. The third-order valence-corrected chi connectivity index (χ3v) is 5.19. The molecule has 0 bridgehead atoms. The number of aliphatic hydroxyl groups is 1. The number of fused-ring (bicyclic) bond motifs is 2. The van der Waals surface area contributed by atoms with Crippen LogP contribution in [-0.4, -0.2) is 23.4 Å². The van der Waals surface area contributed by atoms with Crippen molar-refractivity contribution in [2.75, 3.05) is 7.11 Å². The zero-order valence-electron chi connectivity index (χ0n) is 15.3. The summed E-state index contributed by atoms with van der Waals surface area (Å²) in [4.78, 5) is 12.9. The summed E-state index contributed by atoms with van der Waals surface area (Å²) >= 11 is 0. The second-order valence-corrected chi connectivity index (χ2v) is 7.51. The maximum Gasteiger partial charge on any atom is 0.186 e. The molecular formula is C21H24O4. The van der Waals surface area contributed by atoms with Gasteiger partial charge in [-0.3, -0.25) is 4.79 Å². The molecule has 25 heavy (non-hydrogen) atoms. The summed E-state index contributed by atoms with van der Waals surface area (Å²) in [5.74, 6) is 0.486. The highest BCUT2D eigenvalue weighted by Gasteiger charge is 2.33. The van der Waals surface area contributed by atoms with Crippen LogP contribution in [0.5, 0.6) is 11.5 Å². The number of benzene rings is 1. The molecule has 3 rings (SSSR count). The van der Waals surface area contributed by atoms with E-state index in [0.717, 1.165) is 16.7 Å². The number of methoxy groups -OCH3 is 1. The molecular weight excluding hydrogens is 316 g/mol. The van der Waals surface area contributed by atoms with Crippen molar-refractivity contribution in [3.05, 3.63) is 51.2 Å². The van der Waals surface area contributed by atoms with Gasteiger partial charge in [0.1, 0.15) is 0 Å². The lowest BCUT2D eigenvalue weighted by molar-refractivity contribution is 0.143. The minimum Gasteiger partial charge on any atom is -0.504 e. The van der Waals surface area contributed by atoms with Crippen LogP contribution >= 0.6 is 0 Å². The number of ether oxygens (including phenoxy) is 1. The monoisotopic (exact) mass is 340 g/mol. The minimum absolute atomic E-state index is 0.0171. The van der Waals surface area contributed by atoms with Gasteiger partial charge in [0.25, 0.3) is 0 Å². The van der Waals surface area contributed by atoms with Crippen molar-refractivity contribution in [2.45, 2.75) is 45.1 Å². The topological polar surface area (TPSA) is 66.8 Å². The van der Waals surface area contributed by atoms with Gasteiger partial charge in [-0.1, -0.05) is 39.8 Å². The van der Waals surface area contributed by atoms with Gasteiger partial charge < -0.3 is 14.9 Å². The quantitative estimate of drug-likeness (QED) is 0.875. The summed E-state index contributed by atoms with van der Waals surface area (Å²) in [7, 11) is 1.52. The molecule has 4 heteroatoms. The second-order valence-electron chi connectivity index (χ2n) is 7.51. The molecule has 0 fully saturated rings. The smallest absolute Gasteiger partial charge is 0.186 e. The molecule has 0 aliphatic heterocycles. The molecule has 0 amide bonds. The summed E-state index contributed by atoms with van der Waals surface area (Å²) in [6, 6.07) is 5.19. The predicted octanol–water partition coefficient (Wildman–Crippen LogP) is 3.70. The first kappa shape index (κ1) is 17.5. The largest absolute Gasteiger partial charge is 0.504 e. The molecule has 0 spiro atoms. The molecule has 0 aromatic heterocycles. The molecule has 0 saturated carbocycles. The number of hydrogen-bond acceptors (Lipinski definition) is 4. The Morgan fingerprint density at radius 3 is 2.44 bits per heavy atom. The first-order valence-corrected chi connectivity index (χ1v) is 8.47. The van der Waals surface area contributed by atoms with Crippen molar-refractivity contribution in [2.24, 2.45) is 0 Å². The zero-order valence-corrected chi connectivity index (χ0v) is 15.3. The van der Waals surface area contributed by atoms with E-state index in [4.69, 9.17) is 4.74 Å². The van der Waals surface area contributed by atoms with Crippen LogP contribution in [0.25, 0.3) is 16.8 Å². The molecule has 132 valence electrons. The maximum absolute atomic E-state index is 12.9. The Hall–Kier alpha value is -2.33. The van der Waals surface area contributed by atoms with E-state index in [1.807, 2.05) is 27.7 Å². The minimum atomic E-state index is -0.667. The Balaban J connectivity index is 2.49. The zero-order chi connectivity index (χ0) is 18.5. The molecule has 1 atom stereocenters. The van der Waals surface area contributed by atoms with Crippen molar-refractivity contribution in [1.82, 2.24) is 0 Å². The van der Waals surface area contributed by atoms with Crippen molar-refractivity contribution in [3.8, 4) is 11.5 Å². The van der Waals surface area contributed by atoms with Crippen LogP contribution in [0.15, 0.2) is 29.1 Å². The number of phenolic OH excluding ortho intramolecular Hbond substituents is 1. The van der Waals surface area contributed by atoms with E-state index in [2.05, 4.69) is 0 Å². The normalized spacial score (nSPS) is 18.4. The van der Waals surface area contributed by atoms with Gasteiger partial charge in [-0.25, -0.2) is 0 Å². The van der Waals surface area contributed by atoms with Gasteiger partial charge in [-0.05, 0) is 35.2 Å². The van der Waals surface area contributed by atoms with Gasteiger partial charge in [0.15, 0.2) is 16.9 Å². The Morgan fingerprint density at radius 1 is 1.16 bits per heavy atom. The summed E-state index contributed by atoms with van der Waals surface area (Å²) < 4.78 is 5.41. The molecule has 1 aliphatic rings. The van der Waals surface area contributed by atoms with E-state index >= 15 is 0 Å². The predicted molar refractivity (Wildman–Crippen MR) is 101 cm³/mol. The van der Waals surface area contributed by atoms with E-state index in [1.54, 1.807) is 30.4 Å². The van der Waals surface area contributed by atoms with Crippen LogP contribution in [0, 0.1) is 0 Å². The molecule has 1 aliphatic carbocycles. The number of rotatable bonds is 2. The van der Waals surface area contributed by atoms with E-state index < -0.39 is 11.5 Å². The highest BCUT2D eigenvalue weighted by atomic mass is 16.5. The lowest BCUT2D eigenvalue weighted by Crippen LogP contribution is -2.34. The molecule has 0 heterocycles. The fourth-order valence-corrected chi connectivity index (χ4v) is 3.49. The van der Waals surface area contributed by atoms with E-state index in [9.17, 15) is 15.0 Å². The lowest BCUT2D eigenvalue weighted by Gasteiger charge is -2.32. The third-order valence-electron chi connectivity index (χ3n) is 5.19. The average molecular weight is 340 g/mol. The Morgan fingerprint density at radius 2 is 1.84 bits per heavy atom. The van der Waals surface area contributed by atoms with Gasteiger partial charge in [-0.15, -0.1) is 0 Å². The average Bonchev–Trinajstić information content (AvgIpc) is 2.69. The van der Waals surface area contributed by atoms with Crippen molar-refractivity contribution in [1.29, 1.82) is 0 Å². The van der Waals surface area contributed by atoms with Gasteiger partial charge in [0, 0.05) is 21.8 Å². The Bertz CT molecular complexity index is 939. The van der Waals surface area contributed by atoms with Crippen LogP contribution in [0.3, 0.4) is 0 Å². The van der Waals surface area contributed by atoms with Gasteiger partial charge in [0.2, 0.25) is 0 Å². The fourth-order valence-electron chi connectivity index (χ4n) is 3.49. The Kier molecular flexibility index (Phi) is 4.12. The van der Waals surface area contributed by atoms with Crippen LogP contribution in [0.4, 0.5) is 0 Å². The molecule has 2 N–H and O–H groups in total. The van der Waals surface area contributed by atoms with Crippen LogP contribution in [0.1, 0.15) is 50.3 Å². The summed E-state index contributed by atoms with van der Waals surface area (Å²) in [5.41, 5.74) is 1.62. The van der Waals surface area contributed by atoms with E-state index in [-0.39, 0.29) is 17.1 Å². The molecule has 2 aromatic carbocycles. The number of phenols is 1. The third kappa shape index (κ3) is 2.61. The van der Waals surface area contributed by atoms with Gasteiger partial charge >= 0.3 is 0 Å². The standard InChI is InChI=1S/C21H24O4/c1-11(2)13-9-14-15(19(24)20(13)25-5)8-12-6-7-18(23)21(3,4)16(12)10-17(14)22/h6-11,18,23-24H,1-5H3. The van der Waals surface area contributed by atoms with E-state index in [1.165, 1.54) is 7.11 Å². The molecule has 0 saturated heterocycles. The van der Waals surface area contributed by atoms with Crippen LogP contribution < -0.4 is 10.2 Å². The van der Waals surface area contributed by atoms with Crippen molar-refractivity contribution >= 4 is 16.8 Å². The highest BCUT2D eigenvalue weighted by molar-refractivity contribution is 5.93. The molecule has 2 aromatic rings. The van der Waals surface area contributed by atoms with Crippen LogP contribution in [0.2, 0.25) is 0 Å². The molecule has 0 radical (unpaired) electrons. The first-order valence-electron chi connectivity index (χ1n) is 8.47. The van der Waals surface area contributed by atoms with Crippen molar-refractivity contribution in [3.63, 3.8) is 0 Å². The van der Waals surface area contributed by atoms with Gasteiger partial charge in [-0.2, -0.15) is 0 Å². The lowest BCUT2D eigenvalue weighted by atomic mass is 9.74. The second kappa shape index (κ2) is 5.88. The van der Waals surface area contributed by atoms with E-state index in [0.29, 0.717) is 16.5 Å². The fraction of sp³-hybridized carbons (Fsp3) is 0.381. The first-order chi connectivity index (χ1) is 11.7. The number of aromatic hydroxyl groups is 1. The van der Waals surface area contributed by atoms with Crippen molar-refractivity contribution < 1.29 is 14.9 Å². The maximum atomic E-state index is 12.9. The summed E-state index contributed by atoms with van der Waals surface area (Å²) in [5, 5.41) is 22.0. The summed E-state index contributed by atoms with van der Waals surface area (Å²) in [6.45, 7) is 7.79. The molecule has 4 nitrogen and oxygen atoms in total.